The smallest absolute Gasteiger partial charge is 0.194 e. The summed E-state index contributed by atoms with van der Waals surface area (Å²) in [5, 5.41) is 18.1. The van der Waals surface area contributed by atoms with Crippen LogP contribution in [-0.4, -0.2) is 64.6 Å². The normalized spacial score (nSPS) is 30.5. The minimum absolute atomic E-state index is 0.0113. The van der Waals surface area contributed by atoms with Crippen LogP contribution in [0.1, 0.15) is 51.2 Å². The number of nitrogens with zero attached hydrogens (tertiary/aromatic N) is 4. The van der Waals surface area contributed by atoms with Crippen LogP contribution < -0.4 is 5.32 Å². The molecule has 0 aromatic carbocycles. The van der Waals surface area contributed by atoms with Gasteiger partial charge in [-0.3, -0.25) is 9.67 Å². The average Bonchev–Trinajstić information content (AvgIpc) is 3.08. The first-order valence-electron chi connectivity index (χ1n) is 9.83. The van der Waals surface area contributed by atoms with Gasteiger partial charge < -0.3 is 20.1 Å². The van der Waals surface area contributed by atoms with Crippen molar-refractivity contribution in [1.82, 2.24) is 20.0 Å². The molecule has 1 saturated carbocycles. The molecule has 146 valence electrons. The topological polar surface area (TPSA) is 74.9 Å². The summed E-state index contributed by atoms with van der Waals surface area (Å²) < 4.78 is 7.76. The SMILES string of the molecule is CCNC(=NCC1(C)CCCCC1O)N1CCOC(c2cnn(C)c2)C1. The summed E-state index contributed by atoms with van der Waals surface area (Å²) in [4.78, 5) is 7.18. The van der Waals surface area contributed by atoms with Crippen molar-refractivity contribution in [3.63, 3.8) is 0 Å². The zero-order valence-electron chi connectivity index (χ0n) is 16.3. The van der Waals surface area contributed by atoms with Gasteiger partial charge in [-0.05, 0) is 19.8 Å². The lowest BCUT2D eigenvalue weighted by Gasteiger charge is -2.38. The van der Waals surface area contributed by atoms with Gasteiger partial charge in [-0.1, -0.05) is 19.8 Å². The number of aliphatic hydroxyl groups is 1. The Morgan fingerprint density at radius 1 is 1.50 bits per heavy atom. The Kier molecular flexibility index (Phi) is 6.19. The fourth-order valence-electron chi connectivity index (χ4n) is 3.90. The maximum atomic E-state index is 10.4. The third kappa shape index (κ3) is 4.38. The molecule has 3 atom stereocenters. The highest BCUT2D eigenvalue weighted by molar-refractivity contribution is 5.80. The van der Waals surface area contributed by atoms with Gasteiger partial charge in [0, 0.05) is 37.3 Å². The van der Waals surface area contributed by atoms with Crippen LogP contribution in [0.5, 0.6) is 0 Å². The maximum Gasteiger partial charge on any atom is 0.194 e. The van der Waals surface area contributed by atoms with E-state index in [0.29, 0.717) is 13.2 Å². The van der Waals surface area contributed by atoms with E-state index in [0.717, 1.165) is 50.4 Å². The molecular formula is C19H33N5O2. The first-order chi connectivity index (χ1) is 12.5. The van der Waals surface area contributed by atoms with Gasteiger partial charge in [0.1, 0.15) is 6.10 Å². The van der Waals surface area contributed by atoms with Crippen molar-refractivity contribution in [1.29, 1.82) is 0 Å². The van der Waals surface area contributed by atoms with Gasteiger partial charge >= 0.3 is 0 Å². The van der Waals surface area contributed by atoms with Gasteiger partial charge in [-0.25, -0.2) is 0 Å². The van der Waals surface area contributed by atoms with Gasteiger partial charge in [0.15, 0.2) is 5.96 Å². The van der Waals surface area contributed by atoms with Gasteiger partial charge in [0.05, 0.1) is 32.0 Å². The quantitative estimate of drug-likeness (QED) is 0.629. The molecule has 3 rings (SSSR count). The Hall–Kier alpha value is -1.60. The van der Waals surface area contributed by atoms with Crippen molar-refractivity contribution in [3.8, 4) is 0 Å². The van der Waals surface area contributed by atoms with E-state index in [-0.39, 0.29) is 17.6 Å². The number of aliphatic imine (C=N–C) groups is 1. The summed E-state index contributed by atoms with van der Waals surface area (Å²) in [6.45, 7) is 7.99. The number of ether oxygens (including phenoxy) is 1. The van der Waals surface area contributed by atoms with Crippen molar-refractivity contribution in [2.75, 3.05) is 32.8 Å². The van der Waals surface area contributed by atoms with Crippen LogP contribution in [0.3, 0.4) is 0 Å². The standard InChI is InChI=1S/C19H33N5O2/c1-4-20-18(21-14-19(2)8-6-5-7-17(19)25)24-9-10-26-16(13-24)15-11-22-23(3)12-15/h11-12,16-17,25H,4-10,13-14H2,1-3H3,(H,20,21). The lowest BCUT2D eigenvalue weighted by atomic mass is 9.73. The maximum absolute atomic E-state index is 10.4. The number of aryl methyl sites for hydroxylation is 1. The molecule has 3 unspecified atom stereocenters. The second-order valence-electron chi connectivity index (χ2n) is 7.84. The summed E-state index contributed by atoms with van der Waals surface area (Å²) in [5.41, 5.74) is 0.983. The molecule has 26 heavy (non-hydrogen) atoms. The zero-order valence-corrected chi connectivity index (χ0v) is 16.3. The summed E-state index contributed by atoms with van der Waals surface area (Å²) in [7, 11) is 1.92. The van der Waals surface area contributed by atoms with E-state index in [9.17, 15) is 5.11 Å². The van der Waals surface area contributed by atoms with Crippen LogP contribution in [0.25, 0.3) is 0 Å². The van der Waals surface area contributed by atoms with Crippen molar-refractivity contribution >= 4 is 5.96 Å². The van der Waals surface area contributed by atoms with Gasteiger partial charge in [0.2, 0.25) is 0 Å². The first-order valence-corrected chi connectivity index (χ1v) is 9.83. The highest BCUT2D eigenvalue weighted by Gasteiger charge is 2.35. The number of rotatable bonds is 4. The molecule has 1 aromatic rings. The molecule has 1 aliphatic heterocycles. The highest BCUT2D eigenvalue weighted by Crippen LogP contribution is 2.36. The second-order valence-corrected chi connectivity index (χ2v) is 7.84. The fourth-order valence-corrected chi connectivity index (χ4v) is 3.90. The van der Waals surface area contributed by atoms with E-state index < -0.39 is 0 Å². The molecule has 1 saturated heterocycles. The Labute approximate surface area is 156 Å². The molecule has 2 aliphatic rings. The summed E-state index contributed by atoms with van der Waals surface area (Å²) in [6.07, 6.45) is 7.88. The molecule has 7 nitrogen and oxygen atoms in total. The van der Waals surface area contributed by atoms with Crippen molar-refractivity contribution in [3.05, 3.63) is 18.0 Å². The summed E-state index contributed by atoms with van der Waals surface area (Å²) in [6, 6.07) is 0. The average molecular weight is 364 g/mol. The molecule has 1 aliphatic carbocycles. The van der Waals surface area contributed by atoms with Gasteiger partial charge in [-0.2, -0.15) is 5.10 Å². The highest BCUT2D eigenvalue weighted by atomic mass is 16.5. The Morgan fingerprint density at radius 2 is 2.35 bits per heavy atom. The van der Waals surface area contributed by atoms with Crippen LogP contribution in [0.15, 0.2) is 17.4 Å². The lowest BCUT2D eigenvalue weighted by Crippen LogP contribution is -2.49. The zero-order chi connectivity index (χ0) is 18.6. The minimum atomic E-state index is -0.254. The van der Waals surface area contributed by atoms with Gasteiger partial charge in [-0.15, -0.1) is 0 Å². The van der Waals surface area contributed by atoms with Crippen LogP contribution in [0.4, 0.5) is 0 Å². The van der Waals surface area contributed by atoms with E-state index in [1.165, 1.54) is 6.42 Å². The summed E-state index contributed by atoms with van der Waals surface area (Å²) in [5.74, 6) is 0.920. The lowest BCUT2D eigenvalue weighted by molar-refractivity contribution is -0.00904. The number of aromatic nitrogens is 2. The van der Waals surface area contributed by atoms with Crippen molar-refractivity contribution in [2.24, 2.45) is 17.5 Å². The van der Waals surface area contributed by atoms with Crippen molar-refractivity contribution in [2.45, 2.75) is 51.7 Å². The molecule has 2 fully saturated rings. The molecule has 0 spiro atoms. The number of hydrogen-bond donors (Lipinski definition) is 2. The number of aliphatic hydroxyl groups excluding tert-OH is 1. The molecule has 2 heterocycles. The first kappa shape index (κ1) is 19.2. The molecule has 0 bridgehead atoms. The number of nitrogens with one attached hydrogen (secondary N) is 1. The van der Waals surface area contributed by atoms with E-state index in [1.54, 1.807) is 0 Å². The third-order valence-corrected chi connectivity index (χ3v) is 5.67. The Bertz CT molecular complexity index is 617. The monoisotopic (exact) mass is 363 g/mol. The molecule has 0 amide bonds. The minimum Gasteiger partial charge on any atom is -0.392 e. The van der Waals surface area contributed by atoms with Crippen LogP contribution >= 0.6 is 0 Å². The predicted octanol–water partition coefficient (Wildman–Crippen LogP) is 1.70. The van der Waals surface area contributed by atoms with E-state index >= 15 is 0 Å². The molecule has 2 N–H and O–H groups in total. The fraction of sp³-hybridized carbons (Fsp3) is 0.789. The number of hydrogen-bond acceptors (Lipinski definition) is 4. The van der Waals surface area contributed by atoms with E-state index in [1.807, 2.05) is 24.1 Å². The number of morpholine rings is 1. The van der Waals surface area contributed by atoms with Crippen LogP contribution in [0.2, 0.25) is 0 Å². The Balaban J connectivity index is 1.69. The summed E-state index contributed by atoms with van der Waals surface area (Å²) >= 11 is 0. The Morgan fingerprint density at radius 3 is 3.04 bits per heavy atom. The third-order valence-electron chi connectivity index (χ3n) is 5.67. The largest absolute Gasteiger partial charge is 0.392 e. The molecular weight excluding hydrogens is 330 g/mol. The molecule has 0 radical (unpaired) electrons. The van der Waals surface area contributed by atoms with Crippen LogP contribution in [0, 0.1) is 5.41 Å². The second kappa shape index (κ2) is 8.39. The van der Waals surface area contributed by atoms with Crippen molar-refractivity contribution < 1.29 is 9.84 Å². The van der Waals surface area contributed by atoms with Crippen LogP contribution in [-0.2, 0) is 11.8 Å². The molecule has 7 heteroatoms. The predicted molar refractivity (Wildman–Crippen MR) is 102 cm³/mol. The van der Waals surface area contributed by atoms with E-state index in [2.05, 4.69) is 29.2 Å². The molecule has 1 aromatic heterocycles. The van der Waals surface area contributed by atoms with E-state index in [4.69, 9.17) is 9.73 Å². The van der Waals surface area contributed by atoms with Gasteiger partial charge in [0.25, 0.3) is 0 Å². The number of guanidine groups is 1.